The van der Waals surface area contributed by atoms with Crippen molar-refractivity contribution >= 4 is 29.9 Å². The average Bonchev–Trinajstić information content (AvgIpc) is 3.46. The Labute approximate surface area is 178 Å². The highest BCUT2D eigenvalue weighted by atomic mass is 127. The summed E-state index contributed by atoms with van der Waals surface area (Å²) in [4.78, 5) is 9.94. The Bertz CT molecular complexity index is 656. The van der Waals surface area contributed by atoms with Gasteiger partial charge in [0.2, 0.25) is 0 Å². The summed E-state index contributed by atoms with van der Waals surface area (Å²) in [7, 11) is 0. The first kappa shape index (κ1) is 20.8. The molecular formula is C20H31FIN5. The molecule has 1 saturated carbocycles. The van der Waals surface area contributed by atoms with Crippen LogP contribution in [0.1, 0.15) is 25.3 Å². The van der Waals surface area contributed by atoms with E-state index in [1.165, 1.54) is 26.2 Å². The van der Waals surface area contributed by atoms with Gasteiger partial charge in [-0.15, -0.1) is 24.0 Å². The average molecular weight is 487 g/mol. The molecule has 7 heteroatoms. The van der Waals surface area contributed by atoms with Gasteiger partial charge >= 0.3 is 0 Å². The van der Waals surface area contributed by atoms with Crippen molar-refractivity contribution in [1.82, 2.24) is 20.4 Å². The van der Waals surface area contributed by atoms with Gasteiger partial charge in [-0.1, -0.05) is 18.2 Å². The Balaban J connectivity index is 0.00000210. The Kier molecular flexibility index (Phi) is 6.97. The van der Waals surface area contributed by atoms with Crippen molar-refractivity contribution in [2.75, 3.05) is 52.4 Å². The number of rotatable bonds is 6. The van der Waals surface area contributed by atoms with E-state index in [-0.39, 0.29) is 35.2 Å². The van der Waals surface area contributed by atoms with Crippen LogP contribution in [0.4, 0.5) is 4.39 Å². The topological polar surface area (TPSA) is 42.9 Å². The predicted molar refractivity (Wildman–Crippen MR) is 119 cm³/mol. The highest BCUT2D eigenvalue weighted by molar-refractivity contribution is 14.0. The predicted octanol–water partition coefficient (Wildman–Crippen LogP) is 2.03. The molecule has 4 fully saturated rings. The lowest BCUT2D eigenvalue weighted by atomic mass is 9.95. The maximum Gasteiger partial charge on any atom is 0.191 e. The first-order chi connectivity index (χ1) is 12.7. The van der Waals surface area contributed by atoms with Crippen molar-refractivity contribution in [3.05, 3.63) is 35.6 Å². The molecule has 27 heavy (non-hydrogen) atoms. The van der Waals surface area contributed by atoms with Crippen molar-refractivity contribution < 1.29 is 4.39 Å². The normalized spacial score (nSPS) is 28.4. The number of benzene rings is 1. The van der Waals surface area contributed by atoms with E-state index in [9.17, 15) is 4.39 Å². The lowest BCUT2D eigenvalue weighted by Crippen LogP contribution is -2.63. The molecule has 5 nitrogen and oxygen atoms in total. The van der Waals surface area contributed by atoms with Crippen LogP contribution in [0.15, 0.2) is 29.3 Å². The third-order valence-corrected chi connectivity index (χ3v) is 6.08. The van der Waals surface area contributed by atoms with Gasteiger partial charge in [0.15, 0.2) is 5.96 Å². The van der Waals surface area contributed by atoms with Crippen molar-refractivity contribution in [3.63, 3.8) is 0 Å². The monoisotopic (exact) mass is 487 g/mol. The summed E-state index contributed by atoms with van der Waals surface area (Å²) in [6.07, 6.45) is 2.03. The molecule has 0 amide bonds. The van der Waals surface area contributed by atoms with Crippen LogP contribution in [0.2, 0.25) is 0 Å². The molecule has 1 atom stereocenters. The second kappa shape index (κ2) is 9.05. The van der Waals surface area contributed by atoms with Crippen molar-refractivity contribution in [3.8, 4) is 0 Å². The molecule has 3 aliphatic heterocycles. The molecule has 2 bridgehead atoms. The molecule has 0 aromatic heterocycles. The molecule has 1 aromatic rings. The number of hydrogen-bond acceptors (Lipinski definition) is 3. The lowest BCUT2D eigenvalue weighted by Gasteiger charge is -2.47. The van der Waals surface area contributed by atoms with E-state index in [0.717, 1.165) is 44.0 Å². The van der Waals surface area contributed by atoms with E-state index < -0.39 is 0 Å². The van der Waals surface area contributed by atoms with Gasteiger partial charge in [-0.2, -0.15) is 0 Å². The quantitative estimate of drug-likeness (QED) is 0.366. The third kappa shape index (κ3) is 4.74. The molecule has 1 aliphatic carbocycles. The zero-order chi connectivity index (χ0) is 18.0. The van der Waals surface area contributed by atoms with E-state index >= 15 is 0 Å². The van der Waals surface area contributed by atoms with Gasteiger partial charge in [-0.3, -0.25) is 14.8 Å². The van der Waals surface area contributed by atoms with Crippen LogP contribution >= 0.6 is 24.0 Å². The zero-order valence-electron chi connectivity index (χ0n) is 16.1. The van der Waals surface area contributed by atoms with Crippen molar-refractivity contribution in [1.29, 1.82) is 0 Å². The van der Waals surface area contributed by atoms with Gasteiger partial charge in [-0.25, -0.2) is 4.39 Å². The van der Waals surface area contributed by atoms with E-state index in [4.69, 9.17) is 4.99 Å². The van der Waals surface area contributed by atoms with Gasteiger partial charge in [-0.05, 0) is 31.4 Å². The smallest absolute Gasteiger partial charge is 0.191 e. The summed E-state index contributed by atoms with van der Waals surface area (Å²) in [5, 5.41) is 6.86. The minimum atomic E-state index is -0.104. The van der Waals surface area contributed by atoms with E-state index in [2.05, 4.69) is 27.4 Å². The molecule has 3 saturated heterocycles. The van der Waals surface area contributed by atoms with Crippen LogP contribution in [0, 0.1) is 5.82 Å². The Morgan fingerprint density at radius 1 is 1.19 bits per heavy atom. The standard InChI is InChI=1S/C20H30FN5.HI/c1-2-22-19(23-13-16-14-25-9-11-26(16)12-10-25)24-15-20(7-8-20)17-5-3-4-6-18(17)21;/h3-6,16H,2,7-15H2,1H3,(H2,22,23,24);1H. The number of guanidine groups is 1. The fraction of sp³-hybridized carbons (Fsp3) is 0.650. The lowest BCUT2D eigenvalue weighted by molar-refractivity contribution is 0.0154. The number of nitrogens with one attached hydrogen (secondary N) is 2. The number of piperazine rings is 3. The van der Waals surface area contributed by atoms with Crippen LogP contribution in [-0.2, 0) is 5.41 Å². The van der Waals surface area contributed by atoms with Gasteiger partial charge in [0.1, 0.15) is 5.82 Å². The molecular weight excluding hydrogens is 456 g/mol. The Morgan fingerprint density at radius 3 is 2.52 bits per heavy atom. The highest BCUT2D eigenvalue weighted by Gasteiger charge is 2.45. The molecule has 1 aromatic carbocycles. The summed E-state index contributed by atoms with van der Waals surface area (Å²) in [6.45, 7) is 10.4. The molecule has 3 heterocycles. The molecule has 1 unspecified atom stereocenters. The van der Waals surface area contributed by atoms with Gasteiger partial charge in [0.05, 0.1) is 6.54 Å². The highest BCUT2D eigenvalue weighted by Crippen LogP contribution is 2.49. The SMILES string of the molecule is CCNC(=NCC1(c2ccccc2F)CC1)NCC1CN2CCN1CC2.I. The van der Waals surface area contributed by atoms with Crippen LogP contribution in [0.3, 0.4) is 0 Å². The molecule has 0 radical (unpaired) electrons. The molecule has 2 N–H and O–H groups in total. The maximum atomic E-state index is 14.2. The first-order valence-electron chi connectivity index (χ1n) is 9.94. The number of halogens is 2. The minimum Gasteiger partial charge on any atom is -0.357 e. The van der Waals surface area contributed by atoms with Crippen molar-refractivity contribution in [2.24, 2.45) is 4.99 Å². The van der Waals surface area contributed by atoms with E-state index in [1.54, 1.807) is 12.1 Å². The first-order valence-corrected chi connectivity index (χ1v) is 9.94. The summed E-state index contributed by atoms with van der Waals surface area (Å²) >= 11 is 0. The molecule has 5 rings (SSSR count). The fourth-order valence-corrected chi connectivity index (χ4v) is 4.26. The maximum absolute atomic E-state index is 14.2. The van der Waals surface area contributed by atoms with Gasteiger partial charge in [0, 0.05) is 57.3 Å². The van der Waals surface area contributed by atoms with Crippen molar-refractivity contribution in [2.45, 2.75) is 31.2 Å². The van der Waals surface area contributed by atoms with Crippen LogP contribution in [0.25, 0.3) is 0 Å². The molecule has 150 valence electrons. The summed E-state index contributed by atoms with van der Waals surface area (Å²) in [5.41, 5.74) is 0.718. The molecule has 0 spiro atoms. The zero-order valence-corrected chi connectivity index (χ0v) is 18.4. The van der Waals surface area contributed by atoms with E-state index in [1.807, 2.05) is 12.1 Å². The third-order valence-electron chi connectivity index (χ3n) is 6.08. The summed E-state index contributed by atoms with van der Waals surface area (Å²) in [5.74, 6) is 0.756. The molecule has 4 aliphatic rings. The van der Waals surface area contributed by atoms with Crippen LogP contribution in [0.5, 0.6) is 0 Å². The second-order valence-corrected chi connectivity index (χ2v) is 7.83. The fourth-order valence-electron chi connectivity index (χ4n) is 4.26. The summed E-state index contributed by atoms with van der Waals surface area (Å²) < 4.78 is 14.2. The number of nitrogens with zero attached hydrogens (tertiary/aromatic N) is 3. The minimum absolute atomic E-state index is 0. The van der Waals surface area contributed by atoms with E-state index in [0.29, 0.717) is 12.6 Å². The largest absolute Gasteiger partial charge is 0.357 e. The van der Waals surface area contributed by atoms with Gasteiger partial charge < -0.3 is 10.6 Å². The Morgan fingerprint density at radius 2 is 1.93 bits per heavy atom. The second-order valence-electron chi connectivity index (χ2n) is 7.83. The number of hydrogen-bond donors (Lipinski definition) is 2. The Hall–Kier alpha value is -0.930. The van der Waals surface area contributed by atoms with Crippen LogP contribution in [-0.4, -0.2) is 74.2 Å². The van der Waals surface area contributed by atoms with Gasteiger partial charge in [0.25, 0.3) is 0 Å². The number of fused-ring (bicyclic) bond motifs is 3. The summed E-state index contributed by atoms with van der Waals surface area (Å²) in [6, 6.07) is 7.71. The number of aliphatic imine (C=N–C) groups is 1. The van der Waals surface area contributed by atoms with Crippen LogP contribution < -0.4 is 10.6 Å².